The van der Waals surface area contributed by atoms with Crippen molar-refractivity contribution in [2.75, 3.05) is 0 Å². The Morgan fingerprint density at radius 3 is 1.62 bits per heavy atom. The third kappa shape index (κ3) is 3.96. The van der Waals surface area contributed by atoms with E-state index in [4.69, 9.17) is 15.0 Å². The molecule has 1 aromatic heterocycles. The summed E-state index contributed by atoms with van der Waals surface area (Å²) in [6.45, 7) is 0. The van der Waals surface area contributed by atoms with Gasteiger partial charge < -0.3 is 0 Å². The van der Waals surface area contributed by atoms with Gasteiger partial charge in [-0.25, -0.2) is 15.0 Å². The summed E-state index contributed by atoms with van der Waals surface area (Å²) in [5, 5.41) is 7.93. The van der Waals surface area contributed by atoms with Gasteiger partial charge in [-0.05, 0) is 66.2 Å². The van der Waals surface area contributed by atoms with Crippen molar-refractivity contribution >= 4 is 32.3 Å². The van der Waals surface area contributed by atoms with Gasteiger partial charge in [-0.3, -0.25) is 0 Å². The maximum absolute atomic E-state index is 5.05. The Bertz CT molecular complexity index is 2570. The number of benzene rings is 8. The van der Waals surface area contributed by atoms with Gasteiger partial charge in [0.1, 0.15) is 0 Å². The van der Waals surface area contributed by atoms with E-state index < -0.39 is 0 Å². The topological polar surface area (TPSA) is 38.7 Å². The number of fused-ring (bicyclic) bond motifs is 5. The van der Waals surface area contributed by atoms with Crippen LogP contribution < -0.4 is 0 Å². The Balaban J connectivity index is 1.22. The maximum atomic E-state index is 5.05. The fraction of sp³-hybridized carbons (Fsp3) is 0.0227. The van der Waals surface area contributed by atoms with Crippen molar-refractivity contribution in [2.24, 2.45) is 0 Å². The maximum Gasteiger partial charge on any atom is 0.164 e. The van der Waals surface area contributed by atoms with Gasteiger partial charge in [0.25, 0.3) is 0 Å². The number of nitrogens with zero attached hydrogens (tertiary/aromatic N) is 3. The molecular weight excluding hydrogens is 571 g/mol. The molecule has 1 unspecified atom stereocenters. The lowest BCUT2D eigenvalue weighted by Gasteiger charge is -2.20. The van der Waals surface area contributed by atoms with Crippen molar-refractivity contribution in [2.45, 2.75) is 5.92 Å². The quantitative estimate of drug-likeness (QED) is 0.189. The van der Waals surface area contributed by atoms with E-state index >= 15 is 0 Å². The van der Waals surface area contributed by atoms with E-state index in [9.17, 15) is 0 Å². The molecule has 3 nitrogen and oxygen atoms in total. The molecule has 0 N–H and O–H groups in total. The minimum Gasteiger partial charge on any atom is -0.208 e. The van der Waals surface area contributed by atoms with E-state index in [2.05, 4.69) is 121 Å². The number of aromatic nitrogens is 3. The summed E-state index contributed by atoms with van der Waals surface area (Å²) in [5.74, 6) is 2.07. The van der Waals surface area contributed by atoms with Gasteiger partial charge in [0.2, 0.25) is 0 Å². The zero-order chi connectivity index (χ0) is 30.9. The van der Waals surface area contributed by atoms with Gasteiger partial charge in [0.15, 0.2) is 17.5 Å². The van der Waals surface area contributed by atoms with Gasteiger partial charge in [-0.15, -0.1) is 0 Å². The van der Waals surface area contributed by atoms with E-state index in [0.29, 0.717) is 17.5 Å². The van der Waals surface area contributed by atoms with Gasteiger partial charge in [-0.1, -0.05) is 152 Å². The molecule has 1 atom stereocenters. The van der Waals surface area contributed by atoms with Crippen LogP contribution in [0.4, 0.5) is 0 Å². The molecule has 0 spiro atoms. The second-order valence-corrected chi connectivity index (χ2v) is 12.3. The third-order valence-electron chi connectivity index (χ3n) is 9.72. The van der Waals surface area contributed by atoms with Crippen LogP contribution in [-0.4, -0.2) is 15.0 Å². The smallest absolute Gasteiger partial charge is 0.164 e. The van der Waals surface area contributed by atoms with Crippen molar-refractivity contribution in [1.82, 2.24) is 15.0 Å². The summed E-state index contributed by atoms with van der Waals surface area (Å²) in [4.78, 5) is 15.0. The standard InChI is InChI=1S/C44H27N3/c1-3-12-29(13-4-1)42-45-43(30-14-5-2-6-15-30)47-44(46-42)32-19-9-18-31(26-32)39-33-20-7-8-21-34(33)40-35-22-10-16-27-24-25-28-17-11-23-36(41(39)40)38(28)37(27)35/h1-26,39H. The summed E-state index contributed by atoms with van der Waals surface area (Å²) in [6.07, 6.45) is 0. The Labute approximate surface area is 272 Å². The van der Waals surface area contributed by atoms with Crippen molar-refractivity contribution in [3.8, 4) is 45.3 Å². The minimum atomic E-state index is 0.0689. The lowest BCUT2D eigenvalue weighted by Crippen LogP contribution is -2.03. The van der Waals surface area contributed by atoms with E-state index in [0.717, 1.165) is 16.7 Å². The molecule has 47 heavy (non-hydrogen) atoms. The molecule has 218 valence electrons. The van der Waals surface area contributed by atoms with Crippen LogP contribution in [0.5, 0.6) is 0 Å². The summed E-state index contributed by atoms with van der Waals surface area (Å²) < 4.78 is 0. The summed E-state index contributed by atoms with van der Waals surface area (Å²) in [7, 11) is 0. The zero-order valence-electron chi connectivity index (χ0n) is 25.4. The fourth-order valence-electron chi connectivity index (χ4n) is 7.73. The number of hydrogen-bond acceptors (Lipinski definition) is 3. The Kier molecular flexibility index (Phi) is 5.64. The molecule has 0 fully saturated rings. The van der Waals surface area contributed by atoms with Crippen molar-refractivity contribution < 1.29 is 0 Å². The molecule has 1 heterocycles. The van der Waals surface area contributed by atoms with Crippen LogP contribution >= 0.6 is 0 Å². The summed E-state index contributed by atoms with van der Waals surface area (Å²) in [5.41, 5.74) is 9.52. The molecule has 0 aliphatic heterocycles. The van der Waals surface area contributed by atoms with Crippen LogP contribution in [0, 0.1) is 0 Å². The highest BCUT2D eigenvalue weighted by atomic mass is 15.0. The first-order valence-electron chi connectivity index (χ1n) is 16.1. The third-order valence-corrected chi connectivity index (χ3v) is 9.72. The largest absolute Gasteiger partial charge is 0.208 e. The van der Waals surface area contributed by atoms with Crippen molar-refractivity contribution in [3.63, 3.8) is 0 Å². The molecule has 0 radical (unpaired) electrons. The minimum absolute atomic E-state index is 0.0689. The van der Waals surface area contributed by atoms with Crippen LogP contribution in [0.15, 0.2) is 158 Å². The van der Waals surface area contributed by atoms with Crippen molar-refractivity contribution in [1.29, 1.82) is 0 Å². The Morgan fingerprint density at radius 2 is 0.936 bits per heavy atom. The number of hydrogen-bond donors (Lipinski definition) is 0. The molecule has 0 saturated heterocycles. The summed E-state index contributed by atoms with van der Waals surface area (Å²) in [6, 6.07) is 56.1. The van der Waals surface area contributed by atoms with Gasteiger partial charge in [0, 0.05) is 22.6 Å². The molecule has 3 heteroatoms. The molecule has 9 aromatic rings. The summed E-state index contributed by atoms with van der Waals surface area (Å²) >= 11 is 0. The molecule has 0 bridgehead atoms. The highest BCUT2D eigenvalue weighted by Crippen LogP contribution is 2.55. The average Bonchev–Trinajstić information content (AvgIpc) is 3.50. The molecule has 1 aliphatic carbocycles. The molecule has 0 amide bonds. The number of rotatable bonds is 4. The Morgan fingerprint density at radius 1 is 0.404 bits per heavy atom. The lowest BCUT2D eigenvalue weighted by atomic mass is 9.82. The van der Waals surface area contributed by atoms with E-state index in [1.165, 1.54) is 60.1 Å². The Hall–Kier alpha value is -6.19. The van der Waals surface area contributed by atoms with Gasteiger partial charge >= 0.3 is 0 Å². The van der Waals surface area contributed by atoms with Gasteiger partial charge in [0.05, 0.1) is 0 Å². The molecule has 1 aliphatic rings. The molecule has 10 rings (SSSR count). The van der Waals surface area contributed by atoms with Crippen LogP contribution in [-0.2, 0) is 0 Å². The average molecular weight is 598 g/mol. The zero-order valence-corrected chi connectivity index (χ0v) is 25.4. The van der Waals surface area contributed by atoms with Crippen LogP contribution in [0.25, 0.3) is 77.6 Å². The lowest BCUT2D eigenvalue weighted by molar-refractivity contribution is 1.02. The molecule has 0 saturated carbocycles. The fourth-order valence-corrected chi connectivity index (χ4v) is 7.73. The molecular formula is C44H27N3. The van der Waals surface area contributed by atoms with Crippen LogP contribution in [0.2, 0.25) is 0 Å². The van der Waals surface area contributed by atoms with E-state index in [-0.39, 0.29) is 5.92 Å². The monoisotopic (exact) mass is 597 g/mol. The predicted octanol–water partition coefficient (Wildman–Crippen LogP) is 10.9. The van der Waals surface area contributed by atoms with E-state index in [1.807, 2.05) is 36.4 Å². The SMILES string of the molecule is c1ccc(-c2nc(-c3ccccc3)nc(-c3cccc(C4c5ccccc5-c5c4c4cccc6ccc7cccc5c7c64)c3)n2)cc1. The van der Waals surface area contributed by atoms with Crippen LogP contribution in [0.1, 0.15) is 22.6 Å². The second kappa shape index (κ2) is 10.2. The first kappa shape index (κ1) is 26.1. The first-order chi connectivity index (χ1) is 23.3. The highest BCUT2D eigenvalue weighted by Gasteiger charge is 2.34. The predicted molar refractivity (Wildman–Crippen MR) is 193 cm³/mol. The first-order valence-corrected chi connectivity index (χ1v) is 16.1. The van der Waals surface area contributed by atoms with E-state index in [1.54, 1.807) is 0 Å². The highest BCUT2D eigenvalue weighted by molar-refractivity contribution is 6.28. The van der Waals surface area contributed by atoms with Crippen molar-refractivity contribution in [3.05, 3.63) is 174 Å². The normalized spacial score (nSPS) is 13.7. The second-order valence-electron chi connectivity index (χ2n) is 12.3. The van der Waals surface area contributed by atoms with Gasteiger partial charge in [-0.2, -0.15) is 0 Å². The molecule has 8 aromatic carbocycles. The van der Waals surface area contributed by atoms with Crippen LogP contribution in [0.3, 0.4) is 0 Å².